The number of hydrogen-bond donors (Lipinski definition) is 5. The van der Waals surface area contributed by atoms with Gasteiger partial charge in [-0.3, -0.25) is 15.6 Å². The summed E-state index contributed by atoms with van der Waals surface area (Å²) in [5.41, 5.74) is 14.2. The third-order valence-electron chi connectivity index (χ3n) is 9.40. The van der Waals surface area contributed by atoms with Gasteiger partial charge in [0.05, 0.1) is 12.2 Å². The third kappa shape index (κ3) is 12.4. The van der Waals surface area contributed by atoms with Crippen LogP contribution in [0.3, 0.4) is 0 Å². The quantitative estimate of drug-likeness (QED) is 0.0592. The number of allylic oxidation sites excluding steroid dienone is 1. The molecule has 0 aliphatic carbocycles. The van der Waals surface area contributed by atoms with Crippen molar-refractivity contribution in [2.45, 2.75) is 106 Å². The number of nitrogens with one attached hydrogen (secondary N) is 4. The fourth-order valence-corrected chi connectivity index (χ4v) is 6.74. The van der Waals surface area contributed by atoms with E-state index in [-0.39, 0.29) is 5.92 Å². The molecule has 0 spiro atoms. The largest absolute Gasteiger partial charge is 0.385 e. The van der Waals surface area contributed by atoms with Gasteiger partial charge in [0.25, 0.3) is 0 Å². The van der Waals surface area contributed by atoms with Gasteiger partial charge >= 0.3 is 0 Å². The zero-order valence-electron chi connectivity index (χ0n) is 30.9. The van der Waals surface area contributed by atoms with Crippen molar-refractivity contribution in [3.8, 4) is 0 Å². The molecule has 2 aromatic rings. The average Bonchev–Trinajstić information content (AvgIpc) is 3.04. The first-order valence-electron chi connectivity index (χ1n) is 18.1. The van der Waals surface area contributed by atoms with Crippen LogP contribution in [0.5, 0.6) is 0 Å². The number of hydrogen-bond acceptors (Lipinski definition) is 7. The molecule has 8 nitrogen and oxygen atoms in total. The number of amides is 1. The number of rotatable bonds is 19. The van der Waals surface area contributed by atoms with E-state index in [1.54, 1.807) is 0 Å². The van der Waals surface area contributed by atoms with Crippen LogP contribution < -0.4 is 27.2 Å². The number of aryl methyl sites for hydroxylation is 4. The van der Waals surface area contributed by atoms with E-state index in [0.29, 0.717) is 18.5 Å². The summed E-state index contributed by atoms with van der Waals surface area (Å²) < 4.78 is 0. The van der Waals surface area contributed by atoms with Crippen LogP contribution in [-0.4, -0.2) is 55.8 Å². The van der Waals surface area contributed by atoms with Crippen LogP contribution in [0.2, 0.25) is 0 Å². The van der Waals surface area contributed by atoms with Gasteiger partial charge in [-0.2, -0.15) is 0 Å². The number of piperidine rings is 1. The highest BCUT2D eigenvalue weighted by atomic mass is 16.2. The molecule has 1 heterocycles. The first-order chi connectivity index (χ1) is 23.0. The maximum Gasteiger partial charge on any atom is 0.225 e. The summed E-state index contributed by atoms with van der Waals surface area (Å²) in [7, 11) is 0. The molecule has 0 radical (unpaired) electrons. The van der Waals surface area contributed by atoms with Gasteiger partial charge in [-0.05, 0) is 132 Å². The van der Waals surface area contributed by atoms with E-state index in [4.69, 9.17) is 10.8 Å². The lowest BCUT2D eigenvalue weighted by molar-refractivity contribution is -0.137. The highest BCUT2D eigenvalue weighted by Gasteiger charge is 2.27. The lowest BCUT2D eigenvalue weighted by Crippen LogP contribution is -2.47. The number of likely N-dealkylation sites (tertiary alicyclic amines) is 1. The molecule has 1 atom stereocenters. The van der Waals surface area contributed by atoms with Gasteiger partial charge in [0, 0.05) is 54.9 Å². The summed E-state index contributed by atoms with van der Waals surface area (Å²) in [6.45, 7) is 23.1. The highest BCUT2D eigenvalue weighted by Crippen LogP contribution is 2.25. The van der Waals surface area contributed by atoms with Crippen LogP contribution >= 0.6 is 0 Å². The minimum atomic E-state index is 0.0547. The van der Waals surface area contributed by atoms with E-state index in [2.05, 4.69) is 111 Å². The highest BCUT2D eigenvalue weighted by molar-refractivity contribution is 5.80. The number of aliphatic imine (C=N–C) groups is 1. The molecule has 48 heavy (non-hydrogen) atoms. The number of nitrogen functional groups attached to an aromatic ring is 1. The normalized spacial score (nSPS) is 15.0. The molecule has 1 aliphatic rings. The number of anilines is 3. The number of nitrogens with zero attached hydrogens (tertiary/aromatic N) is 2. The Morgan fingerprint density at radius 1 is 0.958 bits per heavy atom. The Balaban J connectivity index is 1.45. The Kier molecular flexibility index (Phi) is 16.2. The van der Waals surface area contributed by atoms with Crippen LogP contribution in [0.1, 0.15) is 94.4 Å². The molecule has 0 saturated carbocycles. The summed E-state index contributed by atoms with van der Waals surface area (Å²) in [5.74, 6) is 6.01. The van der Waals surface area contributed by atoms with E-state index in [9.17, 15) is 4.79 Å². The Labute approximate surface area is 291 Å². The van der Waals surface area contributed by atoms with E-state index in [1.165, 1.54) is 22.3 Å². The second kappa shape index (κ2) is 20.0. The lowest BCUT2D eigenvalue weighted by Gasteiger charge is -2.35. The van der Waals surface area contributed by atoms with Gasteiger partial charge in [0.2, 0.25) is 5.91 Å². The standard InChI is InChI=1S/C40H63N7O/c1-9-11-30(5)35(27-42-26-33(8)45-37-22-28(3)21-29(4)23-37)14-17-43-36-15-19-47(20-16-36)40(48)34(12-10-2)13-18-44-38-24-32(7)39(46-41)25-31(38)6/h21-25,27,34,36,43-46H,8-20,26,41H2,1-7H3/b35-30+,42-27-. The summed E-state index contributed by atoms with van der Waals surface area (Å²) >= 11 is 0. The van der Waals surface area contributed by atoms with Crippen LogP contribution in [-0.2, 0) is 4.79 Å². The molecule has 264 valence electrons. The zero-order chi connectivity index (χ0) is 35.1. The minimum absolute atomic E-state index is 0.0547. The predicted molar refractivity (Wildman–Crippen MR) is 207 cm³/mol. The molecule has 3 rings (SSSR count). The Hall–Kier alpha value is -3.62. The van der Waals surface area contributed by atoms with Gasteiger partial charge in [-0.1, -0.05) is 44.9 Å². The molecule has 1 fully saturated rings. The van der Waals surface area contributed by atoms with Gasteiger partial charge in [-0.25, -0.2) is 0 Å². The van der Waals surface area contributed by atoms with Crippen LogP contribution in [0, 0.1) is 33.6 Å². The number of hydrazine groups is 1. The fourth-order valence-electron chi connectivity index (χ4n) is 6.74. The fraction of sp³-hybridized carbons (Fsp3) is 0.550. The van der Waals surface area contributed by atoms with Crippen molar-refractivity contribution < 1.29 is 4.79 Å². The van der Waals surface area contributed by atoms with Crippen molar-refractivity contribution in [1.82, 2.24) is 10.2 Å². The van der Waals surface area contributed by atoms with E-state index in [0.717, 1.165) is 111 Å². The lowest BCUT2D eigenvalue weighted by atomic mass is 9.95. The third-order valence-corrected chi connectivity index (χ3v) is 9.40. The molecule has 1 unspecified atom stereocenters. The first-order valence-corrected chi connectivity index (χ1v) is 18.1. The Morgan fingerprint density at radius 3 is 2.27 bits per heavy atom. The minimum Gasteiger partial charge on any atom is -0.385 e. The Morgan fingerprint density at radius 2 is 1.62 bits per heavy atom. The van der Waals surface area contributed by atoms with Crippen molar-refractivity contribution >= 4 is 29.2 Å². The van der Waals surface area contributed by atoms with Gasteiger partial charge in [-0.15, -0.1) is 0 Å². The van der Waals surface area contributed by atoms with Crippen molar-refractivity contribution in [3.63, 3.8) is 0 Å². The Bertz CT molecular complexity index is 1380. The predicted octanol–water partition coefficient (Wildman–Crippen LogP) is 8.21. The molecule has 0 aromatic heterocycles. The molecule has 8 heteroatoms. The molecule has 1 aliphatic heterocycles. The molecule has 1 saturated heterocycles. The van der Waals surface area contributed by atoms with Gasteiger partial charge in [0.1, 0.15) is 0 Å². The average molecular weight is 658 g/mol. The van der Waals surface area contributed by atoms with E-state index in [1.807, 2.05) is 6.92 Å². The molecular formula is C40H63N7O. The summed E-state index contributed by atoms with van der Waals surface area (Å²) in [6, 6.07) is 11.1. The first kappa shape index (κ1) is 38.8. The smallest absolute Gasteiger partial charge is 0.225 e. The molecule has 2 aromatic carbocycles. The number of nitrogens with two attached hydrogens (primary N) is 1. The van der Waals surface area contributed by atoms with Crippen LogP contribution in [0.25, 0.3) is 0 Å². The maximum atomic E-state index is 13.6. The number of carbonyl (C=O) groups excluding carboxylic acids is 1. The monoisotopic (exact) mass is 658 g/mol. The molecule has 1 amide bonds. The van der Waals surface area contributed by atoms with Crippen LogP contribution in [0.15, 0.2) is 58.7 Å². The zero-order valence-corrected chi connectivity index (χ0v) is 30.9. The SMILES string of the molecule is C=C(C/N=C\C(CCNC1CCN(C(=O)C(CCC)CCNc2cc(C)c(NN)cc2C)CC1)=C(/C)CCC)Nc1cc(C)cc(C)c1. The van der Waals surface area contributed by atoms with Crippen molar-refractivity contribution in [1.29, 1.82) is 0 Å². The van der Waals surface area contributed by atoms with E-state index < -0.39 is 0 Å². The van der Waals surface area contributed by atoms with Crippen molar-refractivity contribution in [3.05, 3.63) is 76.0 Å². The molecule has 0 bridgehead atoms. The van der Waals surface area contributed by atoms with Crippen molar-refractivity contribution in [2.75, 3.05) is 48.8 Å². The second-order valence-corrected chi connectivity index (χ2v) is 13.8. The van der Waals surface area contributed by atoms with E-state index >= 15 is 0 Å². The van der Waals surface area contributed by atoms with Crippen molar-refractivity contribution in [2.24, 2.45) is 16.8 Å². The van der Waals surface area contributed by atoms with Gasteiger partial charge in [0.15, 0.2) is 0 Å². The summed E-state index contributed by atoms with van der Waals surface area (Å²) in [5, 5.41) is 10.8. The van der Waals surface area contributed by atoms with Crippen LogP contribution in [0.4, 0.5) is 17.1 Å². The molecule has 6 N–H and O–H groups in total. The summed E-state index contributed by atoms with van der Waals surface area (Å²) in [6.07, 6.45) is 9.96. The topological polar surface area (TPSA) is 107 Å². The second-order valence-electron chi connectivity index (χ2n) is 13.8. The van der Waals surface area contributed by atoms with Gasteiger partial charge < -0.3 is 26.3 Å². The molecular weight excluding hydrogens is 594 g/mol. The summed E-state index contributed by atoms with van der Waals surface area (Å²) in [4.78, 5) is 20.5. The number of benzene rings is 2. The maximum absolute atomic E-state index is 13.6. The number of carbonyl (C=O) groups is 1.